The molecule has 6 heteroatoms. The normalized spacial score (nSPS) is 10.6. The van der Waals surface area contributed by atoms with Crippen molar-refractivity contribution < 1.29 is 4.74 Å². The molecular formula is C15H10BrClN3O. The number of benzene rings is 2. The summed E-state index contributed by atoms with van der Waals surface area (Å²) in [5.74, 6) is 1.10. The maximum absolute atomic E-state index is 6.21. The molecule has 0 aliphatic carbocycles. The number of aromatic nitrogens is 2. The van der Waals surface area contributed by atoms with Crippen LogP contribution in [0.4, 0.5) is 11.6 Å². The smallest absolute Gasteiger partial charge is 0.227 e. The van der Waals surface area contributed by atoms with E-state index in [2.05, 4.69) is 37.3 Å². The number of nitrogens with one attached hydrogen (secondary N) is 1. The van der Waals surface area contributed by atoms with Crippen LogP contribution in [0, 0.1) is 6.07 Å². The molecule has 0 fully saturated rings. The minimum atomic E-state index is 0.473. The van der Waals surface area contributed by atoms with Gasteiger partial charge in [-0.15, -0.1) is 0 Å². The zero-order valence-electron chi connectivity index (χ0n) is 11.0. The Morgan fingerprint density at radius 2 is 2.10 bits per heavy atom. The Hall–Kier alpha value is -1.85. The highest BCUT2D eigenvalue weighted by molar-refractivity contribution is 9.10. The van der Waals surface area contributed by atoms with Crippen molar-refractivity contribution >= 4 is 50.1 Å². The summed E-state index contributed by atoms with van der Waals surface area (Å²) < 4.78 is 6.14. The lowest BCUT2D eigenvalue weighted by molar-refractivity contribution is 0.416. The van der Waals surface area contributed by atoms with Crippen molar-refractivity contribution in [2.75, 3.05) is 12.4 Å². The van der Waals surface area contributed by atoms with Gasteiger partial charge in [-0.1, -0.05) is 23.7 Å². The third-order valence-electron chi connectivity index (χ3n) is 2.91. The van der Waals surface area contributed by atoms with Crippen molar-refractivity contribution in [2.24, 2.45) is 0 Å². The van der Waals surface area contributed by atoms with E-state index in [1.165, 1.54) is 0 Å². The number of hydrogen-bond donors (Lipinski definition) is 1. The van der Waals surface area contributed by atoms with Crippen LogP contribution in [0.25, 0.3) is 10.9 Å². The zero-order valence-corrected chi connectivity index (χ0v) is 13.4. The summed E-state index contributed by atoms with van der Waals surface area (Å²) in [5, 5.41) is 4.44. The number of halogens is 2. The van der Waals surface area contributed by atoms with Gasteiger partial charge in [0.05, 0.1) is 16.6 Å². The van der Waals surface area contributed by atoms with Crippen LogP contribution in [-0.2, 0) is 0 Å². The van der Waals surface area contributed by atoms with E-state index in [0.29, 0.717) is 22.2 Å². The summed E-state index contributed by atoms with van der Waals surface area (Å²) in [6.07, 6.45) is 1.68. The molecule has 2 aromatic carbocycles. The molecule has 1 radical (unpaired) electrons. The van der Waals surface area contributed by atoms with Gasteiger partial charge in [0.25, 0.3) is 0 Å². The Labute approximate surface area is 135 Å². The summed E-state index contributed by atoms with van der Waals surface area (Å²) in [6, 6.07) is 12.1. The van der Waals surface area contributed by atoms with Gasteiger partial charge in [-0.2, -0.15) is 0 Å². The van der Waals surface area contributed by atoms with Crippen LogP contribution in [0.2, 0.25) is 5.02 Å². The molecule has 4 nitrogen and oxygen atoms in total. The number of fused-ring (bicyclic) bond motifs is 1. The SMILES string of the molecule is COc1c(Br)cc(Cl)c2cnc(Nc3cc[c]cc3)nc12. The van der Waals surface area contributed by atoms with E-state index in [1.807, 2.05) is 24.3 Å². The minimum Gasteiger partial charge on any atom is -0.493 e. The van der Waals surface area contributed by atoms with E-state index in [9.17, 15) is 0 Å². The maximum Gasteiger partial charge on any atom is 0.227 e. The van der Waals surface area contributed by atoms with Gasteiger partial charge in [0, 0.05) is 17.3 Å². The van der Waals surface area contributed by atoms with Gasteiger partial charge in [0.15, 0.2) is 5.75 Å². The molecule has 0 unspecified atom stereocenters. The molecule has 105 valence electrons. The highest BCUT2D eigenvalue weighted by Gasteiger charge is 2.13. The Balaban J connectivity index is 2.11. The fourth-order valence-corrected chi connectivity index (χ4v) is 2.91. The molecule has 0 aliphatic rings. The first-order valence-corrected chi connectivity index (χ1v) is 7.28. The molecule has 3 aromatic rings. The molecule has 0 bridgehead atoms. The van der Waals surface area contributed by atoms with Crippen LogP contribution < -0.4 is 10.1 Å². The molecule has 0 atom stereocenters. The highest BCUT2D eigenvalue weighted by atomic mass is 79.9. The molecule has 1 heterocycles. The molecule has 0 aliphatic heterocycles. The molecule has 1 N–H and O–H groups in total. The van der Waals surface area contributed by atoms with E-state index < -0.39 is 0 Å². The van der Waals surface area contributed by atoms with Crippen LogP contribution in [0.1, 0.15) is 0 Å². The molecule has 0 saturated heterocycles. The van der Waals surface area contributed by atoms with Gasteiger partial charge in [0.2, 0.25) is 5.95 Å². The van der Waals surface area contributed by atoms with Crippen LogP contribution in [0.15, 0.2) is 41.0 Å². The first kappa shape index (κ1) is 14.1. The van der Waals surface area contributed by atoms with Gasteiger partial charge in [-0.05, 0) is 40.2 Å². The van der Waals surface area contributed by atoms with E-state index in [0.717, 1.165) is 15.5 Å². The number of nitrogens with zero attached hydrogens (tertiary/aromatic N) is 2. The first-order valence-electron chi connectivity index (χ1n) is 6.11. The van der Waals surface area contributed by atoms with Gasteiger partial charge in [-0.3, -0.25) is 0 Å². The van der Waals surface area contributed by atoms with E-state index >= 15 is 0 Å². The number of anilines is 2. The predicted octanol–water partition coefficient (Wildman–Crippen LogP) is 4.60. The molecule has 0 saturated carbocycles. The van der Waals surface area contributed by atoms with Gasteiger partial charge < -0.3 is 10.1 Å². The van der Waals surface area contributed by atoms with Crippen molar-refractivity contribution in [3.05, 3.63) is 52.1 Å². The van der Waals surface area contributed by atoms with Crippen molar-refractivity contribution in [2.45, 2.75) is 0 Å². The lowest BCUT2D eigenvalue weighted by Crippen LogP contribution is -1.98. The standard InChI is InChI=1S/C15H10BrClN3O/c1-21-14-11(16)7-12(17)10-8-18-15(20-13(10)14)19-9-5-3-2-4-6-9/h3-8H,1H3,(H,18,19,20). The second kappa shape index (κ2) is 5.87. The molecule has 0 spiro atoms. The Kier molecular flexibility index (Phi) is 3.94. The zero-order chi connectivity index (χ0) is 14.8. The summed E-state index contributed by atoms with van der Waals surface area (Å²) in [7, 11) is 1.59. The number of hydrogen-bond acceptors (Lipinski definition) is 4. The van der Waals surface area contributed by atoms with Crippen LogP contribution in [0.5, 0.6) is 5.75 Å². The average molecular weight is 364 g/mol. The second-order valence-corrected chi connectivity index (χ2v) is 5.50. The quantitative estimate of drug-likeness (QED) is 0.739. The van der Waals surface area contributed by atoms with Crippen molar-refractivity contribution in [1.29, 1.82) is 0 Å². The Bertz CT molecular complexity index is 796. The molecule has 0 amide bonds. The monoisotopic (exact) mass is 362 g/mol. The van der Waals surface area contributed by atoms with Gasteiger partial charge >= 0.3 is 0 Å². The van der Waals surface area contributed by atoms with E-state index in [4.69, 9.17) is 16.3 Å². The predicted molar refractivity (Wildman–Crippen MR) is 87.4 cm³/mol. The van der Waals surface area contributed by atoms with E-state index in [1.54, 1.807) is 19.4 Å². The minimum absolute atomic E-state index is 0.473. The summed E-state index contributed by atoms with van der Waals surface area (Å²) in [6.45, 7) is 0. The highest BCUT2D eigenvalue weighted by Crippen LogP contribution is 2.37. The van der Waals surface area contributed by atoms with E-state index in [-0.39, 0.29) is 0 Å². The van der Waals surface area contributed by atoms with Crippen molar-refractivity contribution in [3.63, 3.8) is 0 Å². The summed E-state index contributed by atoms with van der Waals surface area (Å²) in [5.41, 5.74) is 1.53. The van der Waals surface area contributed by atoms with Crippen LogP contribution in [0.3, 0.4) is 0 Å². The molecular weight excluding hydrogens is 354 g/mol. The molecule has 1 aromatic heterocycles. The number of ether oxygens (including phenoxy) is 1. The Morgan fingerprint density at radius 1 is 1.33 bits per heavy atom. The Morgan fingerprint density at radius 3 is 2.81 bits per heavy atom. The average Bonchev–Trinajstić information content (AvgIpc) is 2.48. The van der Waals surface area contributed by atoms with Crippen molar-refractivity contribution in [1.82, 2.24) is 9.97 Å². The third kappa shape index (κ3) is 2.80. The lowest BCUT2D eigenvalue weighted by Gasteiger charge is -2.10. The van der Waals surface area contributed by atoms with Crippen LogP contribution >= 0.6 is 27.5 Å². The summed E-state index contributed by atoms with van der Waals surface area (Å²) in [4.78, 5) is 8.77. The fourth-order valence-electron chi connectivity index (χ4n) is 1.95. The molecule has 3 rings (SSSR count). The lowest BCUT2D eigenvalue weighted by atomic mass is 10.2. The summed E-state index contributed by atoms with van der Waals surface area (Å²) >= 11 is 9.64. The number of methoxy groups -OCH3 is 1. The topological polar surface area (TPSA) is 47.0 Å². The largest absolute Gasteiger partial charge is 0.493 e. The fraction of sp³-hybridized carbons (Fsp3) is 0.0667. The van der Waals surface area contributed by atoms with Crippen molar-refractivity contribution in [3.8, 4) is 5.75 Å². The van der Waals surface area contributed by atoms with Crippen LogP contribution in [-0.4, -0.2) is 17.1 Å². The van der Waals surface area contributed by atoms with Gasteiger partial charge in [-0.25, -0.2) is 9.97 Å². The van der Waals surface area contributed by atoms with Gasteiger partial charge in [0.1, 0.15) is 5.52 Å². The maximum atomic E-state index is 6.21. The third-order valence-corrected chi connectivity index (χ3v) is 3.81. The molecule has 21 heavy (non-hydrogen) atoms. The number of rotatable bonds is 3. The first-order chi connectivity index (χ1) is 10.2. The second-order valence-electron chi connectivity index (χ2n) is 4.24.